The molecular weight excluding hydrogens is 230 g/mol. The molecule has 0 amide bonds. The zero-order valence-corrected chi connectivity index (χ0v) is 11.0. The Bertz CT molecular complexity index is 535. The summed E-state index contributed by atoms with van der Waals surface area (Å²) in [5, 5.41) is 7.13. The van der Waals surface area contributed by atoms with Crippen molar-refractivity contribution in [3.8, 4) is 17.1 Å². The zero-order chi connectivity index (χ0) is 13.2. The summed E-state index contributed by atoms with van der Waals surface area (Å²) in [5.41, 5.74) is 0.467. The molecule has 0 unspecified atom stereocenters. The fourth-order valence-corrected chi connectivity index (χ4v) is 1.52. The van der Waals surface area contributed by atoms with Crippen LogP contribution in [0.3, 0.4) is 0 Å². The Hall–Kier alpha value is -1.88. The van der Waals surface area contributed by atoms with E-state index >= 15 is 0 Å². The molecule has 5 nitrogen and oxygen atoms in total. The molecule has 0 radical (unpaired) electrons. The van der Waals surface area contributed by atoms with Crippen molar-refractivity contribution in [2.24, 2.45) is 0 Å². The lowest BCUT2D eigenvalue weighted by molar-refractivity contribution is 0.281. The highest BCUT2D eigenvalue weighted by Crippen LogP contribution is 2.28. The molecule has 18 heavy (non-hydrogen) atoms. The molecule has 0 atom stereocenters. The minimum absolute atomic E-state index is 0.354. The maximum Gasteiger partial charge on any atom is 0.246 e. The molecule has 1 heterocycles. The number of hydrogen-bond acceptors (Lipinski definition) is 5. The Morgan fingerprint density at radius 3 is 2.67 bits per heavy atom. The van der Waals surface area contributed by atoms with Crippen LogP contribution in [0.4, 0.5) is 0 Å². The summed E-state index contributed by atoms with van der Waals surface area (Å²) in [6.07, 6.45) is 0. The molecule has 2 rings (SSSR count). The van der Waals surface area contributed by atoms with Crippen LogP contribution in [0.5, 0.6) is 5.75 Å². The normalized spacial score (nSPS) is 11.6. The Morgan fingerprint density at radius 1 is 1.28 bits per heavy atom. The van der Waals surface area contributed by atoms with E-state index in [-0.39, 0.29) is 5.54 Å². The van der Waals surface area contributed by atoms with Crippen molar-refractivity contribution in [2.45, 2.75) is 19.4 Å². The lowest BCUT2D eigenvalue weighted by Gasteiger charge is -2.17. The van der Waals surface area contributed by atoms with Gasteiger partial charge < -0.3 is 14.6 Å². The lowest BCUT2D eigenvalue weighted by Crippen LogP contribution is -2.33. The molecule has 1 N–H and O–H groups in total. The zero-order valence-electron chi connectivity index (χ0n) is 11.0. The van der Waals surface area contributed by atoms with Gasteiger partial charge in [0.1, 0.15) is 5.75 Å². The third-order valence-electron chi connectivity index (χ3n) is 2.93. The first-order valence-corrected chi connectivity index (χ1v) is 5.75. The van der Waals surface area contributed by atoms with Gasteiger partial charge in [-0.15, -0.1) is 0 Å². The fraction of sp³-hybridized carbons (Fsp3) is 0.385. The summed E-state index contributed by atoms with van der Waals surface area (Å²) in [6.45, 7) is 3.96. The maximum absolute atomic E-state index is 5.30. The van der Waals surface area contributed by atoms with Crippen LogP contribution in [-0.4, -0.2) is 24.3 Å². The molecule has 0 saturated carbocycles. The first-order chi connectivity index (χ1) is 8.58. The summed E-state index contributed by atoms with van der Waals surface area (Å²) < 4.78 is 10.6. The van der Waals surface area contributed by atoms with Gasteiger partial charge in [-0.2, -0.15) is 4.98 Å². The largest absolute Gasteiger partial charge is 0.496 e. The van der Waals surface area contributed by atoms with Crippen LogP contribution in [0, 0.1) is 0 Å². The van der Waals surface area contributed by atoms with Gasteiger partial charge in [-0.1, -0.05) is 17.3 Å². The lowest BCUT2D eigenvalue weighted by atomic mass is 10.1. The van der Waals surface area contributed by atoms with Crippen molar-refractivity contribution >= 4 is 0 Å². The molecule has 0 aliphatic rings. The van der Waals surface area contributed by atoms with E-state index in [4.69, 9.17) is 9.26 Å². The van der Waals surface area contributed by atoms with Crippen molar-refractivity contribution in [3.05, 3.63) is 30.2 Å². The molecule has 0 saturated heterocycles. The van der Waals surface area contributed by atoms with Crippen LogP contribution in [0.25, 0.3) is 11.4 Å². The summed E-state index contributed by atoms with van der Waals surface area (Å²) in [6, 6.07) is 7.59. The van der Waals surface area contributed by atoms with Crippen molar-refractivity contribution in [1.82, 2.24) is 15.5 Å². The van der Waals surface area contributed by atoms with Gasteiger partial charge in [0.05, 0.1) is 18.2 Å². The van der Waals surface area contributed by atoms with E-state index in [1.165, 1.54) is 0 Å². The van der Waals surface area contributed by atoms with Gasteiger partial charge in [0.25, 0.3) is 0 Å². The number of nitrogens with one attached hydrogen (secondary N) is 1. The molecule has 0 aliphatic carbocycles. The minimum Gasteiger partial charge on any atom is -0.496 e. The van der Waals surface area contributed by atoms with Gasteiger partial charge in [-0.25, -0.2) is 0 Å². The maximum atomic E-state index is 5.30. The number of aromatic nitrogens is 2. The fourth-order valence-electron chi connectivity index (χ4n) is 1.52. The Morgan fingerprint density at radius 2 is 2.00 bits per heavy atom. The Balaban J connectivity index is 2.41. The average Bonchev–Trinajstić information content (AvgIpc) is 2.89. The standard InChI is InChI=1S/C13H17N3O2/c1-13(2,14-3)12-15-11(16-18-12)9-7-5-6-8-10(9)17-4/h5-8,14H,1-4H3. The summed E-state index contributed by atoms with van der Waals surface area (Å²) >= 11 is 0. The van der Waals surface area contributed by atoms with Gasteiger partial charge in [0, 0.05) is 0 Å². The molecule has 2 aromatic rings. The van der Waals surface area contributed by atoms with Gasteiger partial charge in [-0.05, 0) is 33.0 Å². The molecule has 0 bridgehead atoms. The van der Waals surface area contributed by atoms with Crippen LogP contribution < -0.4 is 10.1 Å². The number of para-hydroxylation sites is 1. The summed E-state index contributed by atoms with van der Waals surface area (Å²) in [4.78, 5) is 4.41. The highest BCUT2D eigenvalue weighted by molar-refractivity contribution is 5.63. The van der Waals surface area contributed by atoms with E-state index in [0.717, 1.165) is 11.3 Å². The molecule has 1 aromatic heterocycles. The average molecular weight is 247 g/mol. The summed E-state index contributed by atoms with van der Waals surface area (Å²) in [7, 11) is 3.48. The number of hydrogen-bond donors (Lipinski definition) is 1. The molecular formula is C13H17N3O2. The van der Waals surface area contributed by atoms with Crippen molar-refractivity contribution in [1.29, 1.82) is 0 Å². The van der Waals surface area contributed by atoms with Crippen molar-refractivity contribution < 1.29 is 9.26 Å². The number of rotatable bonds is 4. The first kappa shape index (κ1) is 12.6. The van der Waals surface area contributed by atoms with E-state index in [1.54, 1.807) is 7.11 Å². The van der Waals surface area contributed by atoms with E-state index in [9.17, 15) is 0 Å². The van der Waals surface area contributed by atoms with Crippen LogP contribution in [0.1, 0.15) is 19.7 Å². The molecule has 1 aromatic carbocycles. The van der Waals surface area contributed by atoms with Gasteiger partial charge in [-0.3, -0.25) is 0 Å². The number of benzene rings is 1. The third-order valence-corrected chi connectivity index (χ3v) is 2.93. The Kier molecular flexibility index (Phi) is 3.34. The Labute approximate surface area is 106 Å². The van der Waals surface area contributed by atoms with E-state index in [2.05, 4.69) is 15.5 Å². The number of methoxy groups -OCH3 is 1. The second-order valence-electron chi connectivity index (χ2n) is 4.50. The predicted octanol–water partition coefficient (Wildman–Crippen LogP) is 2.20. The topological polar surface area (TPSA) is 60.2 Å². The van der Waals surface area contributed by atoms with Crippen molar-refractivity contribution in [2.75, 3.05) is 14.2 Å². The highest BCUT2D eigenvalue weighted by atomic mass is 16.5. The van der Waals surface area contributed by atoms with E-state index in [1.807, 2.05) is 45.2 Å². The number of ether oxygens (including phenoxy) is 1. The second-order valence-corrected chi connectivity index (χ2v) is 4.50. The molecule has 0 spiro atoms. The first-order valence-electron chi connectivity index (χ1n) is 5.75. The smallest absolute Gasteiger partial charge is 0.246 e. The predicted molar refractivity (Wildman–Crippen MR) is 68.4 cm³/mol. The highest BCUT2D eigenvalue weighted by Gasteiger charge is 2.26. The molecule has 0 fully saturated rings. The monoisotopic (exact) mass is 247 g/mol. The van der Waals surface area contributed by atoms with Gasteiger partial charge >= 0.3 is 0 Å². The van der Waals surface area contributed by atoms with Gasteiger partial charge in [0.15, 0.2) is 0 Å². The van der Waals surface area contributed by atoms with Gasteiger partial charge in [0.2, 0.25) is 11.7 Å². The quantitative estimate of drug-likeness (QED) is 0.897. The van der Waals surface area contributed by atoms with Crippen LogP contribution >= 0.6 is 0 Å². The second kappa shape index (κ2) is 4.78. The number of nitrogens with zero attached hydrogens (tertiary/aromatic N) is 2. The molecule has 96 valence electrons. The van der Waals surface area contributed by atoms with E-state index in [0.29, 0.717) is 11.7 Å². The summed E-state index contributed by atoms with van der Waals surface area (Å²) in [5.74, 6) is 1.81. The molecule has 5 heteroatoms. The third kappa shape index (κ3) is 2.22. The van der Waals surface area contributed by atoms with Crippen LogP contribution in [0.15, 0.2) is 28.8 Å². The van der Waals surface area contributed by atoms with E-state index < -0.39 is 0 Å². The molecule has 0 aliphatic heterocycles. The SMILES string of the molecule is CNC(C)(C)c1nc(-c2ccccc2OC)no1. The van der Waals surface area contributed by atoms with Crippen molar-refractivity contribution in [3.63, 3.8) is 0 Å². The minimum atomic E-state index is -0.354. The van der Waals surface area contributed by atoms with Crippen LogP contribution in [-0.2, 0) is 5.54 Å². The van der Waals surface area contributed by atoms with Crippen LogP contribution in [0.2, 0.25) is 0 Å².